The number of aryl methyl sites for hydroxylation is 1. The molecule has 0 bridgehead atoms. The molecule has 1 amide bonds. The van der Waals surface area contributed by atoms with Gasteiger partial charge in [0.25, 0.3) is 0 Å². The van der Waals surface area contributed by atoms with Gasteiger partial charge in [-0.25, -0.2) is 13.4 Å². The lowest BCUT2D eigenvalue weighted by atomic mass is 10.0. The number of sulfone groups is 1. The van der Waals surface area contributed by atoms with Crippen molar-refractivity contribution >= 4 is 32.3 Å². The van der Waals surface area contributed by atoms with Crippen molar-refractivity contribution in [2.45, 2.75) is 19.6 Å². The van der Waals surface area contributed by atoms with Crippen molar-refractivity contribution in [3.8, 4) is 11.3 Å². The molecule has 26 heavy (non-hydrogen) atoms. The standard InChI is InChI=1S/C20H20N2O3S/c1-13-10-20(16-5-7-17(8-6-16)21-14(2)23)22-19-9-4-15(11-18(13)19)12-26(3,24)25/h4-11H,12H2,1-3H3,(H,21,23). The van der Waals surface area contributed by atoms with Crippen LogP contribution >= 0.6 is 0 Å². The van der Waals surface area contributed by atoms with Gasteiger partial charge in [-0.3, -0.25) is 4.79 Å². The highest BCUT2D eigenvalue weighted by Gasteiger charge is 2.09. The Bertz CT molecular complexity index is 1090. The first kappa shape index (κ1) is 18.1. The van der Waals surface area contributed by atoms with E-state index in [-0.39, 0.29) is 11.7 Å². The van der Waals surface area contributed by atoms with Crippen LogP contribution in [0.25, 0.3) is 22.2 Å². The summed E-state index contributed by atoms with van der Waals surface area (Å²) in [6.07, 6.45) is 1.23. The first-order valence-corrected chi connectivity index (χ1v) is 10.2. The molecule has 1 N–H and O–H groups in total. The molecule has 2 aromatic carbocycles. The average Bonchev–Trinajstić information content (AvgIpc) is 2.54. The number of rotatable bonds is 4. The zero-order valence-corrected chi connectivity index (χ0v) is 15.7. The predicted molar refractivity (Wildman–Crippen MR) is 105 cm³/mol. The summed E-state index contributed by atoms with van der Waals surface area (Å²) in [5.41, 5.74) is 5.14. The van der Waals surface area contributed by atoms with E-state index in [0.29, 0.717) is 0 Å². The van der Waals surface area contributed by atoms with Crippen molar-refractivity contribution in [3.63, 3.8) is 0 Å². The van der Waals surface area contributed by atoms with Crippen LogP contribution in [-0.4, -0.2) is 25.6 Å². The maximum Gasteiger partial charge on any atom is 0.221 e. The number of benzene rings is 2. The fourth-order valence-electron chi connectivity index (χ4n) is 2.91. The van der Waals surface area contributed by atoms with Crippen molar-refractivity contribution in [2.75, 3.05) is 11.6 Å². The Hall–Kier alpha value is -2.73. The van der Waals surface area contributed by atoms with Gasteiger partial charge in [0.05, 0.1) is 17.0 Å². The van der Waals surface area contributed by atoms with Gasteiger partial charge >= 0.3 is 0 Å². The second-order valence-electron chi connectivity index (χ2n) is 6.50. The van der Waals surface area contributed by atoms with E-state index in [0.717, 1.165) is 39.0 Å². The van der Waals surface area contributed by atoms with Crippen LogP contribution in [0.15, 0.2) is 48.5 Å². The van der Waals surface area contributed by atoms with E-state index in [2.05, 4.69) is 5.32 Å². The summed E-state index contributed by atoms with van der Waals surface area (Å²) in [7, 11) is -3.07. The molecule has 0 unspecified atom stereocenters. The Morgan fingerprint density at radius 1 is 1.08 bits per heavy atom. The van der Waals surface area contributed by atoms with Crippen molar-refractivity contribution in [3.05, 3.63) is 59.7 Å². The van der Waals surface area contributed by atoms with E-state index in [4.69, 9.17) is 4.98 Å². The lowest BCUT2D eigenvalue weighted by molar-refractivity contribution is -0.114. The summed E-state index contributed by atoms with van der Waals surface area (Å²) in [6, 6.07) is 15.0. The number of pyridine rings is 1. The van der Waals surface area contributed by atoms with Gasteiger partial charge in [-0.2, -0.15) is 0 Å². The maximum absolute atomic E-state index is 11.5. The first-order valence-electron chi connectivity index (χ1n) is 8.17. The molecule has 0 atom stereocenters. The first-order chi connectivity index (χ1) is 12.2. The second-order valence-corrected chi connectivity index (χ2v) is 8.64. The minimum atomic E-state index is -3.07. The molecule has 0 aliphatic rings. The van der Waals surface area contributed by atoms with Crippen LogP contribution in [0.5, 0.6) is 0 Å². The molecule has 3 aromatic rings. The topological polar surface area (TPSA) is 76.1 Å². The quantitative estimate of drug-likeness (QED) is 0.762. The van der Waals surface area contributed by atoms with E-state index >= 15 is 0 Å². The van der Waals surface area contributed by atoms with Gasteiger partial charge in [0, 0.05) is 29.8 Å². The minimum Gasteiger partial charge on any atom is -0.326 e. The Morgan fingerprint density at radius 3 is 2.38 bits per heavy atom. The lowest BCUT2D eigenvalue weighted by Gasteiger charge is -2.09. The second kappa shape index (κ2) is 6.88. The largest absolute Gasteiger partial charge is 0.326 e. The molecule has 3 rings (SSSR count). The number of carbonyl (C=O) groups is 1. The van der Waals surface area contributed by atoms with Crippen molar-refractivity contribution < 1.29 is 13.2 Å². The summed E-state index contributed by atoms with van der Waals surface area (Å²) in [4.78, 5) is 15.8. The average molecular weight is 368 g/mol. The van der Waals surface area contributed by atoms with Crippen LogP contribution in [0, 0.1) is 6.92 Å². The van der Waals surface area contributed by atoms with Gasteiger partial charge in [0.1, 0.15) is 0 Å². The molecule has 0 radical (unpaired) electrons. The van der Waals surface area contributed by atoms with E-state index in [1.807, 2.05) is 49.4 Å². The summed E-state index contributed by atoms with van der Waals surface area (Å²) in [6.45, 7) is 3.46. The number of anilines is 1. The molecule has 0 aliphatic heterocycles. The highest BCUT2D eigenvalue weighted by Crippen LogP contribution is 2.26. The molecule has 0 fully saturated rings. The molecule has 1 aromatic heterocycles. The third-order valence-electron chi connectivity index (χ3n) is 4.01. The molecule has 0 saturated heterocycles. The fourth-order valence-corrected chi connectivity index (χ4v) is 3.69. The Morgan fingerprint density at radius 2 is 1.77 bits per heavy atom. The van der Waals surface area contributed by atoms with Crippen LogP contribution < -0.4 is 5.32 Å². The molecule has 6 heteroatoms. The van der Waals surface area contributed by atoms with E-state index in [1.165, 1.54) is 13.2 Å². The Balaban J connectivity index is 1.98. The van der Waals surface area contributed by atoms with Gasteiger partial charge in [-0.1, -0.05) is 18.2 Å². The lowest BCUT2D eigenvalue weighted by Crippen LogP contribution is -2.05. The molecule has 5 nitrogen and oxygen atoms in total. The zero-order chi connectivity index (χ0) is 18.9. The summed E-state index contributed by atoms with van der Waals surface area (Å²) in [5, 5.41) is 3.69. The number of nitrogens with zero attached hydrogens (tertiary/aromatic N) is 1. The zero-order valence-electron chi connectivity index (χ0n) is 14.9. The summed E-state index contributed by atoms with van der Waals surface area (Å²) in [5.74, 6) is -0.0864. The van der Waals surface area contributed by atoms with E-state index in [1.54, 1.807) is 6.07 Å². The van der Waals surface area contributed by atoms with E-state index in [9.17, 15) is 13.2 Å². The van der Waals surface area contributed by atoms with Crippen LogP contribution in [0.4, 0.5) is 5.69 Å². The molecule has 0 saturated carbocycles. The van der Waals surface area contributed by atoms with Gasteiger partial charge < -0.3 is 5.32 Å². The molecule has 134 valence electrons. The minimum absolute atomic E-state index is 0.0226. The highest BCUT2D eigenvalue weighted by atomic mass is 32.2. The number of amides is 1. The summed E-state index contributed by atoms with van der Waals surface area (Å²) >= 11 is 0. The van der Waals surface area contributed by atoms with Crippen molar-refractivity contribution in [1.29, 1.82) is 0 Å². The molecular formula is C20H20N2O3S. The van der Waals surface area contributed by atoms with Gasteiger partial charge in [0.2, 0.25) is 5.91 Å². The summed E-state index contributed by atoms with van der Waals surface area (Å²) < 4.78 is 23.0. The third kappa shape index (κ3) is 4.26. The highest BCUT2D eigenvalue weighted by molar-refractivity contribution is 7.89. The number of hydrogen-bond donors (Lipinski definition) is 1. The molecule has 0 spiro atoms. The number of nitrogens with one attached hydrogen (secondary N) is 1. The Labute approximate surface area is 153 Å². The van der Waals surface area contributed by atoms with Crippen molar-refractivity contribution in [2.24, 2.45) is 0 Å². The number of aromatic nitrogens is 1. The smallest absolute Gasteiger partial charge is 0.221 e. The SMILES string of the molecule is CC(=O)Nc1ccc(-c2cc(C)c3cc(CS(C)(=O)=O)ccc3n2)cc1. The Kier molecular flexibility index (Phi) is 4.78. The van der Waals surface area contributed by atoms with Crippen molar-refractivity contribution in [1.82, 2.24) is 4.98 Å². The number of carbonyl (C=O) groups excluding carboxylic acids is 1. The van der Waals surface area contributed by atoms with Gasteiger partial charge in [0.15, 0.2) is 9.84 Å². The molecule has 0 aliphatic carbocycles. The third-order valence-corrected chi connectivity index (χ3v) is 4.87. The predicted octanol–water partition coefficient (Wildman–Crippen LogP) is 3.71. The van der Waals surface area contributed by atoms with Crippen LogP contribution in [0.2, 0.25) is 0 Å². The monoisotopic (exact) mass is 368 g/mol. The normalized spacial score (nSPS) is 11.5. The fraction of sp³-hybridized carbons (Fsp3) is 0.200. The van der Waals surface area contributed by atoms with Crippen LogP contribution in [0.1, 0.15) is 18.1 Å². The number of fused-ring (bicyclic) bond motifs is 1. The van der Waals surface area contributed by atoms with Gasteiger partial charge in [-0.15, -0.1) is 0 Å². The number of hydrogen-bond acceptors (Lipinski definition) is 4. The van der Waals surface area contributed by atoms with Crippen LogP contribution in [0.3, 0.4) is 0 Å². The van der Waals surface area contributed by atoms with Crippen LogP contribution in [-0.2, 0) is 20.4 Å². The molecular weight excluding hydrogens is 348 g/mol. The molecule has 1 heterocycles. The van der Waals surface area contributed by atoms with Gasteiger partial charge in [-0.05, 0) is 48.4 Å². The van der Waals surface area contributed by atoms with E-state index < -0.39 is 9.84 Å². The maximum atomic E-state index is 11.5.